The molecule has 1 spiro atoms. The van der Waals surface area contributed by atoms with Crippen molar-refractivity contribution >= 4 is 29.5 Å². The van der Waals surface area contributed by atoms with Gasteiger partial charge < -0.3 is 19.4 Å². The van der Waals surface area contributed by atoms with E-state index >= 15 is 4.39 Å². The van der Waals surface area contributed by atoms with Crippen molar-refractivity contribution in [3.8, 4) is 0 Å². The van der Waals surface area contributed by atoms with Crippen LogP contribution in [0.25, 0.3) is 0 Å². The van der Waals surface area contributed by atoms with Crippen LogP contribution in [0.3, 0.4) is 0 Å². The van der Waals surface area contributed by atoms with Crippen LogP contribution < -0.4 is 9.80 Å². The molecule has 4 aliphatic rings. The van der Waals surface area contributed by atoms with E-state index in [2.05, 4.69) is 51.9 Å². The van der Waals surface area contributed by atoms with Crippen molar-refractivity contribution in [3.63, 3.8) is 0 Å². The summed E-state index contributed by atoms with van der Waals surface area (Å²) in [6, 6.07) is 5.70. The summed E-state index contributed by atoms with van der Waals surface area (Å²) in [5.74, 6) is 1.06. The number of nitrogens with zero attached hydrogens (tertiary/aromatic N) is 4. The van der Waals surface area contributed by atoms with Gasteiger partial charge in [-0.15, -0.1) is 12.4 Å². The second-order valence-corrected chi connectivity index (χ2v) is 8.72. The molecule has 2 unspecified atom stereocenters. The first-order valence-corrected chi connectivity index (χ1v) is 10.8. The number of anilines is 2. The van der Waals surface area contributed by atoms with Crippen LogP contribution in [0.1, 0.15) is 13.3 Å². The van der Waals surface area contributed by atoms with Gasteiger partial charge in [0.1, 0.15) is 11.6 Å². The van der Waals surface area contributed by atoms with Crippen molar-refractivity contribution in [2.45, 2.75) is 13.3 Å². The van der Waals surface area contributed by atoms with Crippen LogP contribution in [0, 0.1) is 17.2 Å². The predicted molar refractivity (Wildman–Crippen MR) is 127 cm³/mol. The van der Waals surface area contributed by atoms with Crippen molar-refractivity contribution in [3.05, 3.63) is 59.9 Å². The lowest BCUT2D eigenvalue weighted by Gasteiger charge is -2.49. The van der Waals surface area contributed by atoms with Crippen LogP contribution in [0.15, 0.2) is 59.1 Å². The third-order valence-corrected chi connectivity index (χ3v) is 7.14. The van der Waals surface area contributed by atoms with E-state index in [0.717, 1.165) is 62.0 Å². The van der Waals surface area contributed by atoms with Gasteiger partial charge in [0.15, 0.2) is 0 Å². The van der Waals surface area contributed by atoms with Crippen LogP contribution in [-0.4, -0.2) is 57.5 Å². The molecule has 1 aromatic rings. The highest BCUT2D eigenvalue weighted by Crippen LogP contribution is 2.52. The maximum atomic E-state index is 15.2. The number of methoxy groups -OCH3 is 1. The zero-order chi connectivity index (χ0) is 20.9. The molecule has 2 saturated heterocycles. The number of benzene rings is 1. The highest BCUT2D eigenvalue weighted by Gasteiger charge is 2.51. The molecule has 0 N–H and O–H groups in total. The van der Waals surface area contributed by atoms with Crippen LogP contribution in [0.5, 0.6) is 0 Å². The summed E-state index contributed by atoms with van der Waals surface area (Å²) in [5, 5.41) is 0. The van der Waals surface area contributed by atoms with E-state index in [1.807, 2.05) is 18.3 Å². The van der Waals surface area contributed by atoms with Crippen LogP contribution in [-0.2, 0) is 4.74 Å². The zero-order valence-corrected chi connectivity index (χ0v) is 19.2. The molecule has 0 amide bonds. The molecule has 2 fully saturated rings. The number of hydrogen-bond acceptors (Lipinski definition) is 5. The topological polar surface area (TPSA) is 31.3 Å². The number of halogens is 2. The number of piperazine rings is 1. The molecular weight excluding hydrogens is 415 g/mol. The minimum Gasteiger partial charge on any atom is -0.495 e. The average molecular weight is 445 g/mol. The van der Waals surface area contributed by atoms with Gasteiger partial charge in [0.2, 0.25) is 0 Å². The summed E-state index contributed by atoms with van der Waals surface area (Å²) in [4.78, 5) is 11.3. The zero-order valence-electron chi connectivity index (χ0n) is 18.3. The maximum absolute atomic E-state index is 15.2. The van der Waals surface area contributed by atoms with Gasteiger partial charge in [0, 0.05) is 50.3 Å². The van der Waals surface area contributed by atoms with E-state index in [4.69, 9.17) is 4.74 Å². The monoisotopic (exact) mass is 444 g/mol. The number of allylic oxidation sites excluding steroid dienone is 4. The summed E-state index contributed by atoms with van der Waals surface area (Å²) in [6.07, 6.45) is 9.18. The Kier molecular flexibility index (Phi) is 5.88. The first-order chi connectivity index (χ1) is 14.5. The first kappa shape index (κ1) is 21.9. The van der Waals surface area contributed by atoms with Crippen molar-refractivity contribution in [1.82, 2.24) is 4.90 Å². The van der Waals surface area contributed by atoms with E-state index in [0.29, 0.717) is 11.6 Å². The molecule has 0 radical (unpaired) electrons. The molecule has 7 heteroatoms. The fourth-order valence-electron chi connectivity index (χ4n) is 5.30. The van der Waals surface area contributed by atoms with Gasteiger partial charge in [-0.2, -0.15) is 0 Å². The van der Waals surface area contributed by atoms with Gasteiger partial charge in [-0.1, -0.05) is 6.92 Å². The van der Waals surface area contributed by atoms with E-state index in [1.54, 1.807) is 13.2 Å². The van der Waals surface area contributed by atoms with Gasteiger partial charge >= 0.3 is 0 Å². The molecule has 5 nitrogen and oxygen atoms in total. The van der Waals surface area contributed by atoms with Gasteiger partial charge in [-0.3, -0.25) is 4.99 Å². The van der Waals surface area contributed by atoms with Crippen molar-refractivity contribution in [2.24, 2.45) is 16.3 Å². The van der Waals surface area contributed by atoms with Crippen LogP contribution >= 0.6 is 12.4 Å². The fraction of sp³-hybridized carbons (Fsp3) is 0.458. The molecule has 31 heavy (non-hydrogen) atoms. The smallest absolute Gasteiger partial charge is 0.148 e. The Labute approximate surface area is 190 Å². The Bertz CT molecular complexity index is 980. The summed E-state index contributed by atoms with van der Waals surface area (Å²) >= 11 is 0. The van der Waals surface area contributed by atoms with Crippen molar-refractivity contribution in [2.75, 3.05) is 56.7 Å². The molecule has 0 saturated carbocycles. The predicted octanol–water partition coefficient (Wildman–Crippen LogP) is 4.23. The number of aliphatic imine (C=N–C) groups is 1. The minimum absolute atomic E-state index is 0. The van der Waals surface area contributed by atoms with Gasteiger partial charge in [-0.05, 0) is 55.8 Å². The maximum Gasteiger partial charge on any atom is 0.148 e. The van der Waals surface area contributed by atoms with Crippen molar-refractivity contribution < 1.29 is 9.13 Å². The number of rotatable bonds is 3. The summed E-state index contributed by atoms with van der Waals surface area (Å²) in [5.41, 5.74) is 3.42. The molecule has 2 atom stereocenters. The lowest BCUT2D eigenvalue weighted by molar-refractivity contribution is 0.287. The lowest BCUT2D eigenvalue weighted by atomic mass is 9.64. The number of hydrogen-bond donors (Lipinski definition) is 0. The molecule has 1 aromatic carbocycles. The molecule has 5 rings (SSSR count). The van der Waals surface area contributed by atoms with Crippen LogP contribution in [0.2, 0.25) is 0 Å². The minimum atomic E-state index is -0.301. The molecular formula is C24H30ClFN4O. The summed E-state index contributed by atoms with van der Waals surface area (Å²) < 4.78 is 20.8. The average Bonchev–Trinajstić information content (AvgIpc) is 3.20. The number of piperidine rings is 1. The van der Waals surface area contributed by atoms with Gasteiger partial charge in [-0.25, -0.2) is 4.39 Å². The Morgan fingerprint density at radius 2 is 1.90 bits per heavy atom. The van der Waals surface area contributed by atoms with E-state index in [1.165, 1.54) is 0 Å². The van der Waals surface area contributed by atoms with Gasteiger partial charge in [0.25, 0.3) is 0 Å². The Balaban J connectivity index is 0.00000231. The normalized spacial score (nSPS) is 27.6. The second kappa shape index (κ2) is 8.32. The Morgan fingerprint density at radius 1 is 1.13 bits per heavy atom. The highest BCUT2D eigenvalue weighted by molar-refractivity contribution is 6.10. The summed E-state index contributed by atoms with van der Waals surface area (Å²) in [7, 11) is 3.80. The van der Waals surface area contributed by atoms with E-state index in [9.17, 15) is 0 Å². The van der Waals surface area contributed by atoms with E-state index < -0.39 is 0 Å². The Morgan fingerprint density at radius 3 is 2.61 bits per heavy atom. The SMILES string of the molecule is COC1=CC=C2N(c3ccc(N4CCN(C)CC4)c(F)c3)CCC(C)C23C=CN=C13.Cl. The third kappa shape index (κ3) is 3.37. The molecule has 3 heterocycles. The third-order valence-electron chi connectivity index (χ3n) is 7.14. The van der Waals surface area contributed by atoms with Crippen LogP contribution in [0.4, 0.5) is 15.8 Å². The number of ether oxygens (including phenoxy) is 1. The first-order valence-electron chi connectivity index (χ1n) is 10.8. The molecule has 166 valence electrons. The Hall–Kier alpha value is -2.31. The van der Waals surface area contributed by atoms with E-state index in [-0.39, 0.29) is 23.6 Å². The molecule has 0 aromatic heterocycles. The standard InChI is InChI=1S/C24H29FN4O.ClH/c1-17-8-11-29(22-7-6-21(30-3)23-24(17,22)9-10-26-23)18-4-5-20(19(25)16-18)28-14-12-27(2)13-15-28;/h4-7,9-10,16-17H,8,11-15H2,1-3H3;1H. The largest absolute Gasteiger partial charge is 0.495 e. The molecule has 1 aliphatic carbocycles. The fourth-order valence-corrected chi connectivity index (χ4v) is 5.30. The molecule has 0 bridgehead atoms. The quantitative estimate of drug-likeness (QED) is 0.698. The second-order valence-electron chi connectivity index (χ2n) is 8.72. The lowest BCUT2D eigenvalue weighted by Crippen LogP contribution is -2.50. The highest BCUT2D eigenvalue weighted by atomic mass is 35.5. The number of likely N-dealkylation sites (N-methyl/N-ethyl adjacent to an activating group) is 1. The summed E-state index contributed by atoms with van der Waals surface area (Å²) in [6.45, 7) is 6.77. The van der Waals surface area contributed by atoms with Crippen molar-refractivity contribution in [1.29, 1.82) is 0 Å². The van der Waals surface area contributed by atoms with Gasteiger partial charge in [0.05, 0.1) is 23.9 Å². The molecule has 3 aliphatic heterocycles.